The van der Waals surface area contributed by atoms with Crippen LogP contribution in [0.25, 0.3) is 0 Å². The number of ether oxygens (including phenoxy) is 1. The molecule has 2 rings (SSSR count). The molecule has 5 amide bonds. The minimum Gasteiger partial charge on any atom is -0.472 e. The van der Waals surface area contributed by atoms with Crippen molar-refractivity contribution in [3.05, 3.63) is 36.8 Å². The topological polar surface area (TPSA) is 190 Å². The van der Waals surface area contributed by atoms with Crippen LogP contribution in [0.5, 0.6) is 0 Å². The average Bonchev–Trinajstić information content (AvgIpc) is 3.56. The van der Waals surface area contributed by atoms with E-state index in [2.05, 4.69) is 22.5 Å². The second-order valence-corrected chi connectivity index (χ2v) is 12.6. The fourth-order valence-corrected chi connectivity index (χ4v) is 4.59. The molecule has 1 saturated heterocycles. The predicted molar refractivity (Wildman–Crippen MR) is 152 cm³/mol. The number of nitrogens with one attached hydrogen (secondary N) is 3. The molecule has 0 aliphatic carbocycles. The zero-order chi connectivity index (χ0) is 31.8. The second-order valence-electron chi connectivity index (χ2n) is 12.6. The van der Waals surface area contributed by atoms with Crippen LogP contribution in [0.15, 0.2) is 35.7 Å². The lowest BCUT2D eigenvalue weighted by Crippen LogP contribution is -2.61. The molecule has 13 heteroatoms. The Morgan fingerprint density at radius 3 is 2.33 bits per heavy atom. The van der Waals surface area contributed by atoms with Gasteiger partial charge in [-0.2, -0.15) is 0 Å². The summed E-state index contributed by atoms with van der Waals surface area (Å²) in [6.45, 7) is 14.3. The molecule has 1 aromatic rings. The number of carbonyl (C=O) groups is 6. The van der Waals surface area contributed by atoms with Crippen molar-refractivity contribution in [3.8, 4) is 0 Å². The molecule has 1 aromatic heterocycles. The summed E-state index contributed by atoms with van der Waals surface area (Å²) in [5.41, 5.74) is 4.47. The fraction of sp³-hybridized carbons (Fsp3) is 0.586. The largest absolute Gasteiger partial charge is 0.472 e. The van der Waals surface area contributed by atoms with Gasteiger partial charge in [0, 0.05) is 18.0 Å². The van der Waals surface area contributed by atoms with E-state index < -0.39 is 71.5 Å². The van der Waals surface area contributed by atoms with E-state index in [-0.39, 0.29) is 25.0 Å². The molecule has 42 heavy (non-hydrogen) atoms. The summed E-state index contributed by atoms with van der Waals surface area (Å²) in [6.07, 6.45) is 5.14. The van der Waals surface area contributed by atoms with Crippen molar-refractivity contribution in [2.45, 2.75) is 79.1 Å². The Morgan fingerprint density at radius 1 is 1.14 bits per heavy atom. The third kappa shape index (κ3) is 9.74. The van der Waals surface area contributed by atoms with Gasteiger partial charge in [0.05, 0.1) is 19.1 Å². The Balaban J connectivity index is 2.21. The Hall–Kier alpha value is -4.16. The van der Waals surface area contributed by atoms with Crippen LogP contribution in [-0.4, -0.2) is 71.6 Å². The lowest BCUT2D eigenvalue weighted by molar-refractivity contribution is -0.148. The molecule has 1 aliphatic rings. The zero-order valence-electron chi connectivity index (χ0n) is 25.2. The summed E-state index contributed by atoms with van der Waals surface area (Å²) in [5, 5.41) is 7.72. The summed E-state index contributed by atoms with van der Waals surface area (Å²) in [5.74, 6) is -4.41. The fourth-order valence-electron chi connectivity index (χ4n) is 4.59. The van der Waals surface area contributed by atoms with Gasteiger partial charge < -0.3 is 35.7 Å². The van der Waals surface area contributed by atoms with E-state index in [1.165, 1.54) is 17.4 Å². The molecule has 0 bridgehead atoms. The molecule has 0 aromatic carbocycles. The van der Waals surface area contributed by atoms with Gasteiger partial charge in [0.2, 0.25) is 17.6 Å². The summed E-state index contributed by atoms with van der Waals surface area (Å²) < 4.78 is 10.4. The molecule has 0 saturated carbocycles. The first-order valence-electron chi connectivity index (χ1n) is 13.7. The molecule has 0 unspecified atom stereocenters. The van der Waals surface area contributed by atoms with Gasteiger partial charge in [-0.25, -0.2) is 9.59 Å². The number of urea groups is 1. The number of carbonyl (C=O) groups excluding carboxylic acids is 6. The van der Waals surface area contributed by atoms with Crippen LogP contribution in [0.1, 0.15) is 59.9 Å². The lowest BCUT2D eigenvalue weighted by Gasteiger charge is -2.36. The third-order valence-corrected chi connectivity index (χ3v) is 6.75. The van der Waals surface area contributed by atoms with E-state index in [0.29, 0.717) is 12.0 Å². The molecule has 5 N–H and O–H groups in total. The van der Waals surface area contributed by atoms with Gasteiger partial charge in [-0.05, 0) is 29.7 Å². The van der Waals surface area contributed by atoms with Gasteiger partial charge in [-0.3, -0.25) is 19.2 Å². The first kappa shape index (κ1) is 34.0. The number of nitrogens with zero attached hydrogens (tertiary/aromatic N) is 1. The number of hydrogen-bond donors (Lipinski definition) is 4. The van der Waals surface area contributed by atoms with Crippen molar-refractivity contribution in [1.29, 1.82) is 0 Å². The number of likely N-dealkylation sites (tertiary alicyclic amines) is 1. The van der Waals surface area contributed by atoms with E-state index in [4.69, 9.17) is 14.9 Å². The summed E-state index contributed by atoms with van der Waals surface area (Å²) in [6, 6.07) is -2.22. The van der Waals surface area contributed by atoms with E-state index in [9.17, 15) is 28.8 Å². The molecule has 1 aliphatic heterocycles. The summed E-state index contributed by atoms with van der Waals surface area (Å²) in [7, 11) is 0. The zero-order valence-corrected chi connectivity index (χ0v) is 25.2. The number of amides is 5. The Labute approximate surface area is 245 Å². The van der Waals surface area contributed by atoms with Gasteiger partial charge in [0.1, 0.15) is 24.7 Å². The Kier molecular flexibility index (Phi) is 11.5. The van der Waals surface area contributed by atoms with Crippen LogP contribution in [0.2, 0.25) is 0 Å². The highest BCUT2D eigenvalue weighted by atomic mass is 16.5. The van der Waals surface area contributed by atoms with Crippen LogP contribution in [0, 0.1) is 16.7 Å². The van der Waals surface area contributed by atoms with Crippen LogP contribution in [0.3, 0.4) is 0 Å². The van der Waals surface area contributed by atoms with Gasteiger partial charge in [-0.15, -0.1) is 6.58 Å². The molecule has 232 valence electrons. The SMILES string of the molecule is C=C[C@H]1CCN(C(=O)[C@@H](NC(=O)N[C@@H](CC(C)(C)C)C(=O)OCc2ccoc2)C(C)(C)C)[C@@H]1C(=O)NCC(=O)C(N)=O. The van der Waals surface area contributed by atoms with Gasteiger partial charge in [0.25, 0.3) is 5.91 Å². The van der Waals surface area contributed by atoms with Crippen LogP contribution in [-0.2, 0) is 35.3 Å². The quantitative estimate of drug-likeness (QED) is 0.160. The summed E-state index contributed by atoms with van der Waals surface area (Å²) in [4.78, 5) is 77.1. The first-order valence-corrected chi connectivity index (χ1v) is 13.7. The van der Waals surface area contributed by atoms with Gasteiger partial charge in [0.15, 0.2) is 0 Å². The van der Waals surface area contributed by atoms with Crippen LogP contribution >= 0.6 is 0 Å². The third-order valence-electron chi connectivity index (χ3n) is 6.75. The van der Waals surface area contributed by atoms with E-state index >= 15 is 0 Å². The van der Waals surface area contributed by atoms with Crippen molar-refractivity contribution in [2.24, 2.45) is 22.5 Å². The number of esters is 1. The van der Waals surface area contributed by atoms with E-state index in [1.54, 1.807) is 32.9 Å². The molecule has 2 heterocycles. The number of Topliss-reactive ketones (excluding diaryl/α,β-unsaturated/α-hetero) is 1. The highest BCUT2D eigenvalue weighted by Gasteiger charge is 2.45. The Morgan fingerprint density at radius 2 is 1.81 bits per heavy atom. The second kappa shape index (κ2) is 14.1. The minimum absolute atomic E-state index is 0.0315. The highest BCUT2D eigenvalue weighted by Crippen LogP contribution is 2.30. The first-order chi connectivity index (χ1) is 19.4. The van der Waals surface area contributed by atoms with Crippen molar-refractivity contribution < 1.29 is 37.9 Å². The molecular weight excluding hydrogens is 546 g/mol. The lowest BCUT2D eigenvalue weighted by atomic mass is 9.85. The van der Waals surface area contributed by atoms with Crippen LogP contribution < -0.4 is 21.7 Å². The number of hydrogen-bond acceptors (Lipinski definition) is 8. The molecule has 1 fully saturated rings. The van der Waals surface area contributed by atoms with Crippen molar-refractivity contribution in [1.82, 2.24) is 20.9 Å². The van der Waals surface area contributed by atoms with Crippen LogP contribution in [0.4, 0.5) is 4.79 Å². The maximum absolute atomic E-state index is 13.9. The molecule has 4 atom stereocenters. The summed E-state index contributed by atoms with van der Waals surface area (Å²) >= 11 is 0. The number of ketones is 1. The van der Waals surface area contributed by atoms with Gasteiger partial charge in [-0.1, -0.05) is 47.6 Å². The highest BCUT2D eigenvalue weighted by molar-refractivity contribution is 6.36. The Bertz CT molecular complexity index is 1170. The number of nitrogens with two attached hydrogens (primary N) is 1. The molecular formula is C29H43N5O8. The number of primary amides is 1. The minimum atomic E-state index is -1.19. The van der Waals surface area contributed by atoms with E-state index in [1.807, 2.05) is 20.8 Å². The van der Waals surface area contributed by atoms with Crippen molar-refractivity contribution in [3.63, 3.8) is 0 Å². The van der Waals surface area contributed by atoms with Crippen molar-refractivity contribution >= 4 is 35.5 Å². The number of furan rings is 1. The molecule has 0 radical (unpaired) electrons. The van der Waals surface area contributed by atoms with Crippen molar-refractivity contribution in [2.75, 3.05) is 13.1 Å². The smallest absolute Gasteiger partial charge is 0.329 e. The standard InChI is InChI=1S/C29H43N5O8/c1-8-18-9-11-34(21(18)24(37)31-14-20(35)23(30)36)25(38)22(29(5,6)7)33-27(40)32-19(13-28(2,3)4)26(39)42-16-17-10-12-41-15-17/h8,10,12,15,18-19,21-22H,1,9,11,13-14,16H2,2-7H3,(H2,30,36)(H,31,37)(H2,32,33,40)/t18-,19-,21-,22+/m0/s1. The normalized spacial score (nSPS) is 18.4. The maximum atomic E-state index is 13.9. The van der Waals surface area contributed by atoms with E-state index in [0.717, 1.165) is 0 Å². The maximum Gasteiger partial charge on any atom is 0.329 e. The molecule has 13 nitrogen and oxygen atoms in total. The van der Waals surface area contributed by atoms with Gasteiger partial charge >= 0.3 is 12.0 Å². The molecule has 0 spiro atoms. The number of rotatable bonds is 12. The predicted octanol–water partition coefficient (Wildman–Crippen LogP) is 1.42. The monoisotopic (exact) mass is 589 g/mol. The average molecular weight is 590 g/mol.